The van der Waals surface area contributed by atoms with Crippen LogP contribution >= 0.6 is 0 Å². The van der Waals surface area contributed by atoms with Gasteiger partial charge in [0.2, 0.25) is 15.9 Å². The molecule has 0 saturated carbocycles. The molecule has 104 valence electrons. The molecule has 0 bridgehead atoms. The van der Waals surface area contributed by atoms with E-state index >= 15 is 0 Å². The standard InChI is InChI=1S/C12H15FN2O3S/c1-8-2-3-10(13)5-11(8)15-6-9(4-12(15)16)7-19(14,17)18/h2-3,5,9H,4,6-7H2,1H3,(H2,14,17,18). The molecule has 1 fully saturated rings. The lowest BCUT2D eigenvalue weighted by atomic mass is 10.1. The first kappa shape index (κ1) is 14.0. The van der Waals surface area contributed by atoms with Gasteiger partial charge in [-0.05, 0) is 24.6 Å². The Bertz CT molecular complexity index is 615. The lowest BCUT2D eigenvalue weighted by Crippen LogP contribution is -2.28. The third kappa shape index (κ3) is 3.30. The number of hydrogen-bond acceptors (Lipinski definition) is 3. The molecule has 1 saturated heterocycles. The van der Waals surface area contributed by atoms with Crippen molar-refractivity contribution < 1.29 is 17.6 Å². The molecule has 19 heavy (non-hydrogen) atoms. The topological polar surface area (TPSA) is 80.5 Å². The zero-order chi connectivity index (χ0) is 14.2. The average Bonchev–Trinajstić information content (AvgIpc) is 2.60. The smallest absolute Gasteiger partial charge is 0.227 e. The molecule has 0 aromatic heterocycles. The molecule has 1 aromatic carbocycles. The summed E-state index contributed by atoms with van der Waals surface area (Å²) in [6.07, 6.45) is 0.117. The summed E-state index contributed by atoms with van der Waals surface area (Å²) < 4.78 is 35.3. The summed E-state index contributed by atoms with van der Waals surface area (Å²) in [7, 11) is -3.61. The number of nitrogens with zero attached hydrogens (tertiary/aromatic N) is 1. The Balaban J connectivity index is 2.23. The van der Waals surface area contributed by atoms with Gasteiger partial charge >= 0.3 is 0 Å². The zero-order valence-corrected chi connectivity index (χ0v) is 11.3. The van der Waals surface area contributed by atoms with E-state index in [0.717, 1.165) is 5.56 Å². The van der Waals surface area contributed by atoms with E-state index in [4.69, 9.17) is 5.14 Å². The molecular formula is C12H15FN2O3S. The number of primary sulfonamides is 1. The van der Waals surface area contributed by atoms with Gasteiger partial charge in [-0.1, -0.05) is 6.07 Å². The summed E-state index contributed by atoms with van der Waals surface area (Å²) in [5.74, 6) is -1.21. The van der Waals surface area contributed by atoms with Crippen LogP contribution in [0.1, 0.15) is 12.0 Å². The molecule has 0 radical (unpaired) electrons. The van der Waals surface area contributed by atoms with Crippen molar-refractivity contribution in [1.29, 1.82) is 0 Å². The van der Waals surface area contributed by atoms with Crippen LogP contribution in [0.15, 0.2) is 18.2 Å². The fourth-order valence-electron chi connectivity index (χ4n) is 2.33. The second kappa shape index (κ2) is 4.90. The van der Waals surface area contributed by atoms with Gasteiger partial charge in [-0.15, -0.1) is 0 Å². The maximum atomic E-state index is 13.2. The first-order valence-corrected chi connectivity index (χ1v) is 7.55. The predicted octanol–water partition coefficient (Wildman–Crippen LogP) is 0.776. The third-order valence-electron chi connectivity index (χ3n) is 3.14. The number of carbonyl (C=O) groups excluding carboxylic acids is 1. The molecular weight excluding hydrogens is 271 g/mol. The number of carbonyl (C=O) groups is 1. The molecule has 2 rings (SSSR count). The summed E-state index contributed by atoms with van der Waals surface area (Å²) in [4.78, 5) is 13.3. The number of anilines is 1. The number of rotatable bonds is 3. The minimum atomic E-state index is -3.61. The van der Waals surface area contributed by atoms with Gasteiger partial charge in [0, 0.05) is 24.6 Å². The van der Waals surface area contributed by atoms with E-state index < -0.39 is 15.8 Å². The fourth-order valence-corrected chi connectivity index (χ4v) is 3.21. The first-order valence-electron chi connectivity index (χ1n) is 5.83. The van der Waals surface area contributed by atoms with Crippen LogP contribution in [0.25, 0.3) is 0 Å². The molecule has 1 heterocycles. The lowest BCUT2D eigenvalue weighted by Gasteiger charge is -2.19. The summed E-state index contributed by atoms with van der Waals surface area (Å²) in [6.45, 7) is 2.02. The molecule has 1 aliphatic heterocycles. The first-order chi connectivity index (χ1) is 8.76. The number of halogens is 1. The van der Waals surface area contributed by atoms with Crippen molar-refractivity contribution in [1.82, 2.24) is 0 Å². The van der Waals surface area contributed by atoms with Crippen LogP contribution in [0.3, 0.4) is 0 Å². The van der Waals surface area contributed by atoms with Crippen molar-refractivity contribution in [3.8, 4) is 0 Å². The normalized spacial score (nSPS) is 20.1. The van der Waals surface area contributed by atoms with E-state index in [0.29, 0.717) is 5.69 Å². The van der Waals surface area contributed by atoms with E-state index in [2.05, 4.69) is 0 Å². The third-order valence-corrected chi connectivity index (χ3v) is 4.07. The highest BCUT2D eigenvalue weighted by Crippen LogP contribution is 2.28. The highest BCUT2D eigenvalue weighted by molar-refractivity contribution is 7.89. The fraction of sp³-hybridized carbons (Fsp3) is 0.417. The van der Waals surface area contributed by atoms with Gasteiger partial charge in [-0.3, -0.25) is 4.79 Å². The molecule has 5 nitrogen and oxygen atoms in total. The van der Waals surface area contributed by atoms with Gasteiger partial charge < -0.3 is 4.90 Å². The molecule has 1 aliphatic rings. The maximum Gasteiger partial charge on any atom is 0.227 e. The molecule has 1 unspecified atom stereocenters. The van der Waals surface area contributed by atoms with Crippen molar-refractivity contribution in [2.24, 2.45) is 11.1 Å². The van der Waals surface area contributed by atoms with Crippen LogP contribution in [-0.2, 0) is 14.8 Å². The molecule has 0 aliphatic carbocycles. The molecule has 0 spiro atoms. The van der Waals surface area contributed by atoms with E-state index in [9.17, 15) is 17.6 Å². The van der Waals surface area contributed by atoms with Crippen molar-refractivity contribution in [3.05, 3.63) is 29.6 Å². The van der Waals surface area contributed by atoms with E-state index in [1.54, 1.807) is 13.0 Å². The summed E-state index contributed by atoms with van der Waals surface area (Å²) in [6, 6.07) is 4.19. The molecule has 1 aromatic rings. The quantitative estimate of drug-likeness (QED) is 0.891. The van der Waals surface area contributed by atoms with Gasteiger partial charge in [0.05, 0.1) is 5.75 Å². The Morgan fingerprint density at radius 3 is 2.79 bits per heavy atom. The van der Waals surface area contributed by atoms with Gasteiger partial charge in [0.1, 0.15) is 5.82 Å². The van der Waals surface area contributed by atoms with Gasteiger partial charge in [-0.25, -0.2) is 17.9 Å². The Labute approximate surface area is 111 Å². The summed E-state index contributed by atoms with van der Waals surface area (Å²) >= 11 is 0. The van der Waals surface area contributed by atoms with Crippen LogP contribution in [-0.4, -0.2) is 26.6 Å². The monoisotopic (exact) mass is 286 g/mol. The van der Waals surface area contributed by atoms with Crippen molar-refractivity contribution in [2.45, 2.75) is 13.3 Å². The Morgan fingerprint density at radius 2 is 2.16 bits per heavy atom. The average molecular weight is 286 g/mol. The highest BCUT2D eigenvalue weighted by Gasteiger charge is 2.33. The summed E-state index contributed by atoms with van der Waals surface area (Å²) in [5.41, 5.74) is 1.26. The van der Waals surface area contributed by atoms with Crippen LogP contribution in [0.5, 0.6) is 0 Å². The van der Waals surface area contributed by atoms with Gasteiger partial charge in [0.25, 0.3) is 0 Å². The van der Waals surface area contributed by atoms with Crippen LogP contribution in [0.2, 0.25) is 0 Å². The van der Waals surface area contributed by atoms with Gasteiger partial charge in [0.15, 0.2) is 0 Å². The minimum Gasteiger partial charge on any atom is -0.312 e. The zero-order valence-electron chi connectivity index (χ0n) is 10.5. The van der Waals surface area contributed by atoms with Crippen LogP contribution in [0.4, 0.5) is 10.1 Å². The van der Waals surface area contributed by atoms with Gasteiger partial charge in [-0.2, -0.15) is 0 Å². The SMILES string of the molecule is Cc1ccc(F)cc1N1CC(CS(N)(=O)=O)CC1=O. The van der Waals surface area contributed by atoms with E-state index in [1.165, 1.54) is 17.0 Å². The maximum absolute atomic E-state index is 13.2. The van der Waals surface area contributed by atoms with Crippen molar-refractivity contribution in [3.63, 3.8) is 0 Å². The number of benzene rings is 1. The second-order valence-corrected chi connectivity index (χ2v) is 6.49. The molecule has 1 atom stereocenters. The summed E-state index contributed by atoms with van der Waals surface area (Å²) in [5, 5.41) is 4.98. The predicted molar refractivity (Wildman–Crippen MR) is 69.6 cm³/mol. The minimum absolute atomic E-state index is 0.117. The number of nitrogens with two attached hydrogens (primary N) is 1. The van der Waals surface area contributed by atoms with Crippen LogP contribution < -0.4 is 10.0 Å². The Kier molecular flexibility index (Phi) is 3.60. The number of hydrogen-bond donors (Lipinski definition) is 1. The number of amides is 1. The molecule has 2 N–H and O–H groups in total. The van der Waals surface area contributed by atoms with Crippen molar-refractivity contribution >= 4 is 21.6 Å². The Morgan fingerprint density at radius 1 is 1.47 bits per heavy atom. The number of sulfonamides is 1. The van der Waals surface area contributed by atoms with Crippen molar-refractivity contribution in [2.75, 3.05) is 17.2 Å². The Hall–Kier alpha value is -1.47. The van der Waals surface area contributed by atoms with Crippen LogP contribution in [0, 0.1) is 18.7 Å². The van der Waals surface area contributed by atoms with E-state index in [1.807, 2.05) is 0 Å². The molecule has 7 heteroatoms. The number of aryl methyl sites for hydroxylation is 1. The second-order valence-electron chi connectivity index (χ2n) is 4.83. The lowest BCUT2D eigenvalue weighted by molar-refractivity contribution is -0.117. The highest BCUT2D eigenvalue weighted by atomic mass is 32.2. The molecule has 1 amide bonds. The largest absolute Gasteiger partial charge is 0.312 e. The van der Waals surface area contributed by atoms with E-state index in [-0.39, 0.29) is 30.5 Å².